The highest BCUT2D eigenvalue weighted by atomic mass is 16.4. The summed E-state index contributed by atoms with van der Waals surface area (Å²) >= 11 is 0. The van der Waals surface area contributed by atoms with Crippen molar-refractivity contribution in [2.24, 2.45) is 5.92 Å². The quantitative estimate of drug-likeness (QED) is 0.871. The van der Waals surface area contributed by atoms with Crippen molar-refractivity contribution in [3.63, 3.8) is 0 Å². The number of aliphatic carboxylic acids is 1. The van der Waals surface area contributed by atoms with Gasteiger partial charge in [-0.3, -0.25) is 4.79 Å². The second kappa shape index (κ2) is 4.36. The lowest BCUT2D eigenvalue weighted by Crippen LogP contribution is -2.42. The molecule has 104 valence electrons. The summed E-state index contributed by atoms with van der Waals surface area (Å²) in [5.74, 6) is -0.501. The molecule has 2 heteroatoms. The van der Waals surface area contributed by atoms with Gasteiger partial charge in [-0.2, -0.15) is 0 Å². The number of hydrogen-bond donors (Lipinski definition) is 1. The molecule has 0 aromatic heterocycles. The molecule has 1 atom stereocenters. The number of carbonyl (C=O) groups is 1. The molecule has 0 saturated heterocycles. The summed E-state index contributed by atoms with van der Waals surface area (Å²) in [6, 6.07) is 6.63. The van der Waals surface area contributed by atoms with Crippen molar-refractivity contribution in [1.29, 1.82) is 0 Å². The Labute approximate surface area is 115 Å². The van der Waals surface area contributed by atoms with Gasteiger partial charge < -0.3 is 5.11 Å². The van der Waals surface area contributed by atoms with Gasteiger partial charge in [-0.1, -0.05) is 51.5 Å². The number of benzene rings is 1. The largest absolute Gasteiger partial charge is 0.481 e. The van der Waals surface area contributed by atoms with E-state index in [9.17, 15) is 9.90 Å². The van der Waals surface area contributed by atoms with Crippen LogP contribution >= 0.6 is 0 Å². The van der Waals surface area contributed by atoms with Crippen molar-refractivity contribution in [1.82, 2.24) is 0 Å². The number of carboxylic acids is 1. The molecule has 0 fully saturated rings. The van der Waals surface area contributed by atoms with E-state index in [4.69, 9.17) is 0 Å². The highest BCUT2D eigenvalue weighted by Crippen LogP contribution is 2.50. The third-order valence-electron chi connectivity index (χ3n) is 4.80. The van der Waals surface area contributed by atoms with Gasteiger partial charge in [-0.25, -0.2) is 0 Å². The maximum Gasteiger partial charge on any atom is 0.303 e. The van der Waals surface area contributed by atoms with Crippen LogP contribution in [0.4, 0.5) is 0 Å². The van der Waals surface area contributed by atoms with Gasteiger partial charge in [-0.05, 0) is 41.2 Å². The van der Waals surface area contributed by atoms with Gasteiger partial charge >= 0.3 is 5.97 Å². The number of hydrogen-bond acceptors (Lipinski definition) is 1. The first-order chi connectivity index (χ1) is 8.64. The maximum absolute atomic E-state index is 11.1. The highest BCUT2D eigenvalue weighted by molar-refractivity contribution is 5.67. The predicted octanol–water partition coefficient (Wildman–Crippen LogP) is 4.04. The van der Waals surface area contributed by atoms with Crippen LogP contribution in [0.15, 0.2) is 18.2 Å². The zero-order valence-corrected chi connectivity index (χ0v) is 12.6. The van der Waals surface area contributed by atoms with Crippen LogP contribution in [-0.2, 0) is 15.6 Å². The molecule has 1 N–H and O–H groups in total. The van der Waals surface area contributed by atoms with Crippen LogP contribution in [0.25, 0.3) is 0 Å². The van der Waals surface area contributed by atoms with E-state index in [0.717, 1.165) is 6.42 Å². The molecule has 19 heavy (non-hydrogen) atoms. The summed E-state index contributed by atoms with van der Waals surface area (Å²) < 4.78 is 0. The second-order valence-electron chi connectivity index (χ2n) is 7.15. The average Bonchev–Trinajstić information content (AvgIpc) is 2.25. The molecule has 1 aromatic rings. The number of rotatable bonds is 2. The van der Waals surface area contributed by atoms with Gasteiger partial charge in [0.2, 0.25) is 0 Å². The van der Waals surface area contributed by atoms with E-state index >= 15 is 0 Å². The zero-order valence-electron chi connectivity index (χ0n) is 12.6. The molecule has 1 aliphatic carbocycles. The molecule has 0 aliphatic heterocycles. The number of fused-ring (bicyclic) bond motifs is 1. The number of carboxylic acid groups (broad SMARTS) is 1. The molecule has 0 spiro atoms. The Bertz CT molecular complexity index is 512. The smallest absolute Gasteiger partial charge is 0.303 e. The molecule has 1 aromatic carbocycles. The first-order valence-electron chi connectivity index (χ1n) is 6.98. The third-order valence-corrected chi connectivity index (χ3v) is 4.80. The lowest BCUT2D eigenvalue weighted by Gasteiger charge is -2.47. The Morgan fingerprint density at radius 2 is 1.89 bits per heavy atom. The summed E-state index contributed by atoms with van der Waals surface area (Å²) in [5, 5.41) is 9.17. The molecule has 0 amide bonds. The van der Waals surface area contributed by atoms with Gasteiger partial charge in [0.25, 0.3) is 0 Å². The standard InChI is InChI=1S/C17H24O2/c1-11-6-7-13-14(8-11)17(4,5)12(9-15(18)19)10-16(13,2)3/h6-8,12H,9-10H2,1-5H3,(H,18,19)/t12-/m1/s1. The fourth-order valence-electron chi connectivity index (χ4n) is 3.52. The summed E-state index contributed by atoms with van der Waals surface area (Å²) in [4.78, 5) is 11.1. The Balaban J connectivity index is 2.56. The summed E-state index contributed by atoms with van der Waals surface area (Å²) in [7, 11) is 0. The lowest BCUT2D eigenvalue weighted by molar-refractivity contribution is -0.139. The molecule has 2 rings (SSSR count). The van der Waals surface area contributed by atoms with E-state index in [0.29, 0.717) is 0 Å². The highest BCUT2D eigenvalue weighted by Gasteiger charge is 2.44. The Morgan fingerprint density at radius 3 is 2.47 bits per heavy atom. The van der Waals surface area contributed by atoms with Gasteiger partial charge in [0.15, 0.2) is 0 Å². The van der Waals surface area contributed by atoms with Gasteiger partial charge in [0.1, 0.15) is 0 Å². The maximum atomic E-state index is 11.1. The SMILES string of the molecule is Cc1ccc2c(c1)C(C)(C)[C@H](CC(=O)O)CC2(C)C. The molecule has 0 bridgehead atoms. The van der Waals surface area contributed by atoms with Crippen molar-refractivity contribution < 1.29 is 9.90 Å². The van der Waals surface area contributed by atoms with E-state index in [2.05, 4.69) is 52.8 Å². The van der Waals surface area contributed by atoms with Crippen LogP contribution in [0.1, 0.15) is 57.2 Å². The fraction of sp³-hybridized carbons (Fsp3) is 0.588. The predicted molar refractivity (Wildman–Crippen MR) is 77.6 cm³/mol. The van der Waals surface area contributed by atoms with Crippen LogP contribution in [0.2, 0.25) is 0 Å². The van der Waals surface area contributed by atoms with Crippen molar-refractivity contribution >= 4 is 5.97 Å². The minimum atomic E-state index is -0.690. The summed E-state index contributed by atoms with van der Waals surface area (Å²) in [6.07, 6.45) is 1.19. The topological polar surface area (TPSA) is 37.3 Å². The van der Waals surface area contributed by atoms with Gasteiger partial charge in [-0.15, -0.1) is 0 Å². The Hall–Kier alpha value is -1.31. The van der Waals surface area contributed by atoms with E-state index in [-0.39, 0.29) is 23.2 Å². The van der Waals surface area contributed by atoms with Crippen molar-refractivity contribution in [2.75, 3.05) is 0 Å². The molecule has 1 aliphatic rings. The fourth-order valence-corrected chi connectivity index (χ4v) is 3.52. The second-order valence-corrected chi connectivity index (χ2v) is 7.15. The molecule has 0 radical (unpaired) electrons. The monoisotopic (exact) mass is 260 g/mol. The van der Waals surface area contributed by atoms with E-state index < -0.39 is 5.97 Å². The summed E-state index contributed by atoms with van der Waals surface area (Å²) in [5.41, 5.74) is 3.94. The number of aryl methyl sites for hydroxylation is 1. The Kier molecular flexibility index (Phi) is 3.24. The molecule has 0 unspecified atom stereocenters. The normalized spacial score (nSPS) is 23.7. The van der Waals surface area contributed by atoms with E-state index in [1.165, 1.54) is 16.7 Å². The average molecular weight is 260 g/mol. The summed E-state index contributed by atoms with van der Waals surface area (Å²) in [6.45, 7) is 10.9. The molecule has 0 heterocycles. The zero-order chi connectivity index (χ0) is 14.4. The minimum Gasteiger partial charge on any atom is -0.481 e. The molecule has 2 nitrogen and oxygen atoms in total. The van der Waals surface area contributed by atoms with Crippen molar-refractivity contribution in [3.05, 3.63) is 34.9 Å². The van der Waals surface area contributed by atoms with Crippen LogP contribution in [-0.4, -0.2) is 11.1 Å². The van der Waals surface area contributed by atoms with Gasteiger partial charge in [0, 0.05) is 6.42 Å². The minimum absolute atomic E-state index is 0.0542. The first-order valence-corrected chi connectivity index (χ1v) is 6.98. The third kappa shape index (κ3) is 2.41. The van der Waals surface area contributed by atoms with Crippen molar-refractivity contribution in [2.45, 2.75) is 58.3 Å². The lowest BCUT2D eigenvalue weighted by atomic mass is 9.57. The van der Waals surface area contributed by atoms with Gasteiger partial charge in [0.05, 0.1) is 0 Å². The molecular weight excluding hydrogens is 236 g/mol. The molecular formula is C17H24O2. The molecule has 0 saturated carbocycles. The van der Waals surface area contributed by atoms with Crippen LogP contribution in [0.3, 0.4) is 0 Å². The Morgan fingerprint density at radius 1 is 1.26 bits per heavy atom. The van der Waals surface area contributed by atoms with E-state index in [1.54, 1.807) is 0 Å². The van der Waals surface area contributed by atoms with Crippen LogP contribution < -0.4 is 0 Å². The first kappa shape index (κ1) is 14.1. The van der Waals surface area contributed by atoms with Crippen molar-refractivity contribution in [3.8, 4) is 0 Å². The van der Waals surface area contributed by atoms with E-state index in [1.807, 2.05) is 0 Å². The van der Waals surface area contributed by atoms with Crippen LogP contribution in [0.5, 0.6) is 0 Å². The van der Waals surface area contributed by atoms with Crippen LogP contribution in [0, 0.1) is 12.8 Å².